The van der Waals surface area contributed by atoms with Crippen LogP contribution < -0.4 is 15.0 Å². The van der Waals surface area contributed by atoms with Crippen molar-refractivity contribution in [3.8, 4) is 35.8 Å². The second-order valence-corrected chi connectivity index (χ2v) is 7.35. The second-order valence-electron chi connectivity index (χ2n) is 7.35. The Bertz CT molecular complexity index is 1150. The molecule has 1 N–H and O–H groups in total. The molecule has 0 atom stereocenters. The lowest BCUT2D eigenvalue weighted by Gasteiger charge is -2.34. The molecule has 0 saturated carbocycles. The first-order valence-electron chi connectivity index (χ1n) is 10.6. The summed E-state index contributed by atoms with van der Waals surface area (Å²) >= 11 is 0. The summed E-state index contributed by atoms with van der Waals surface area (Å²) in [6.07, 6.45) is 7.42. The van der Waals surface area contributed by atoms with Crippen molar-refractivity contribution >= 4 is 11.9 Å². The fourth-order valence-corrected chi connectivity index (χ4v) is 3.52. The Hall–Kier alpha value is -4.37. The number of ether oxygens (including phenoxy) is 1. The average molecular weight is 445 g/mol. The zero-order valence-corrected chi connectivity index (χ0v) is 18.0. The van der Waals surface area contributed by atoms with Crippen LogP contribution in [0.1, 0.15) is 11.3 Å². The number of piperazine rings is 1. The van der Waals surface area contributed by atoms with E-state index in [4.69, 9.17) is 20.0 Å². The molecule has 1 aliphatic rings. The smallest absolute Gasteiger partial charge is 0.317 e. The third-order valence-electron chi connectivity index (χ3n) is 5.24. The van der Waals surface area contributed by atoms with Gasteiger partial charge in [0.25, 0.3) is 5.89 Å². The summed E-state index contributed by atoms with van der Waals surface area (Å²) in [6.45, 7) is 2.85. The number of nitrogens with one attached hydrogen (secondary N) is 1. The predicted octanol–water partition coefficient (Wildman–Crippen LogP) is 2.89. The Labute approximate surface area is 191 Å². The van der Waals surface area contributed by atoms with Crippen molar-refractivity contribution in [1.29, 1.82) is 5.26 Å². The van der Waals surface area contributed by atoms with Gasteiger partial charge in [-0.15, -0.1) is 6.42 Å². The normalized spacial score (nSPS) is 13.3. The van der Waals surface area contributed by atoms with Crippen LogP contribution in [0.15, 0.2) is 51.5 Å². The molecule has 2 aromatic heterocycles. The van der Waals surface area contributed by atoms with Gasteiger partial charge in [-0.1, -0.05) is 18.1 Å². The highest BCUT2D eigenvalue weighted by atomic mass is 16.5. The van der Waals surface area contributed by atoms with Crippen LogP contribution >= 0.6 is 0 Å². The molecule has 1 aromatic carbocycles. The molecule has 1 saturated heterocycles. The number of aromatic nitrogens is 1. The largest absolute Gasteiger partial charge is 0.481 e. The van der Waals surface area contributed by atoms with E-state index in [1.54, 1.807) is 17.0 Å². The van der Waals surface area contributed by atoms with Gasteiger partial charge in [0.1, 0.15) is 18.4 Å². The first-order valence-corrected chi connectivity index (χ1v) is 10.6. The number of rotatable bonds is 7. The molecule has 168 valence electrons. The van der Waals surface area contributed by atoms with Gasteiger partial charge < -0.3 is 28.7 Å². The number of carbonyl (C=O) groups is 1. The van der Waals surface area contributed by atoms with E-state index >= 15 is 0 Å². The lowest BCUT2D eigenvalue weighted by molar-refractivity contribution is 0.194. The van der Waals surface area contributed by atoms with Gasteiger partial charge in [0, 0.05) is 32.7 Å². The fourth-order valence-electron chi connectivity index (χ4n) is 3.52. The molecule has 4 rings (SSSR count). The number of oxazole rings is 1. The Morgan fingerprint density at radius 1 is 1.21 bits per heavy atom. The summed E-state index contributed by atoms with van der Waals surface area (Å²) in [5.41, 5.74) is 1.30. The van der Waals surface area contributed by atoms with Gasteiger partial charge in [0.15, 0.2) is 5.76 Å². The highest BCUT2D eigenvalue weighted by molar-refractivity contribution is 5.74. The number of terminal acetylenes is 1. The van der Waals surface area contributed by atoms with E-state index in [1.165, 1.54) is 6.26 Å². The van der Waals surface area contributed by atoms with Crippen molar-refractivity contribution in [2.75, 3.05) is 44.2 Å². The molecule has 33 heavy (non-hydrogen) atoms. The van der Waals surface area contributed by atoms with E-state index in [9.17, 15) is 10.1 Å². The Balaban J connectivity index is 1.25. The number of anilines is 1. The minimum Gasteiger partial charge on any atom is -0.481 e. The number of hydrogen-bond acceptors (Lipinski definition) is 7. The number of nitriles is 1. The van der Waals surface area contributed by atoms with E-state index in [0.29, 0.717) is 50.8 Å². The topological polar surface area (TPSA) is 108 Å². The van der Waals surface area contributed by atoms with E-state index in [0.717, 1.165) is 11.3 Å². The summed E-state index contributed by atoms with van der Waals surface area (Å²) in [5, 5.41) is 12.4. The Kier molecular flexibility index (Phi) is 6.81. The highest BCUT2D eigenvalue weighted by Crippen LogP contribution is 2.29. The van der Waals surface area contributed by atoms with E-state index in [1.807, 2.05) is 29.2 Å². The van der Waals surface area contributed by atoms with Crippen LogP contribution in [0.25, 0.3) is 11.7 Å². The molecule has 3 aromatic rings. The molecular formula is C24H23N5O4. The minimum atomic E-state index is -0.113. The third kappa shape index (κ3) is 5.28. The molecular weight excluding hydrogens is 422 g/mol. The van der Waals surface area contributed by atoms with Gasteiger partial charge in [0.05, 0.1) is 6.26 Å². The van der Waals surface area contributed by atoms with Crippen LogP contribution in [0.4, 0.5) is 10.7 Å². The van der Waals surface area contributed by atoms with Gasteiger partial charge in [0.2, 0.25) is 11.6 Å². The van der Waals surface area contributed by atoms with Crippen molar-refractivity contribution in [3.63, 3.8) is 0 Å². The lowest BCUT2D eigenvalue weighted by Crippen LogP contribution is -2.52. The summed E-state index contributed by atoms with van der Waals surface area (Å²) in [5.74, 6) is 4.28. The van der Waals surface area contributed by atoms with Crippen LogP contribution in [0.2, 0.25) is 0 Å². The predicted molar refractivity (Wildman–Crippen MR) is 121 cm³/mol. The van der Waals surface area contributed by atoms with Crippen LogP contribution in [0.5, 0.6) is 5.75 Å². The van der Waals surface area contributed by atoms with Gasteiger partial charge >= 0.3 is 6.03 Å². The number of urea groups is 1. The summed E-state index contributed by atoms with van der Waals surface area (Å²) < 4.78 is 16.4. The van der Waals surface area contributed by atoms with Crippen molar-refractivity contribution in [2.45, 2.75) is 6.42 Å². The highest BCUT2D eigenvalue weighted by Gasteiger charge is 2.27. The first kappa shape index (κ1) is 21.8. The SMILES string of the molecule is C#CCOc1ccc(CCNC(=O)N2CCN(c3oc(-c4ccco4)nc3C#N)CC2)cc1. The zero-order chi connectivity index (χ0) is 23.0. The average Bonchev–Trinajstić information content (AvgIpc) is 3.53. The molecule has 0 spiro atoms. The maximum atomic E-state index is 12.5. The van der Waals surface area contributed by atoms with Crippen LogP contribution in [-0.4, -0.2) is 55.2 Å². The van der Waals surface area contributed by atoms with Gasteiger partial charge in [-0.25, -0.2) is 4.79 Å². The summed E-state index contributed by atoms with van der Waals surface area (Å²) in [6, 6.07) is 13.1. The van der Waals surface area contributed by atoms with Gasteiger partial charge in [-0.05, 0) is 36.2 Å². The zero-order valence-electron chi connectivity index (χ0n) is 18.0. The van der Waals surface area contributed by atoms with E-state index in [-0.39, 0.29) is 24.2 Å². The van der Waals surface area contributed by atoms with Crippen molar-refractivity contribution < 1.29 is 18.4 Å². The van der Waals surface area contributed by atoms with E-state index < -0.39 is 0 Å². The molecule has 0 unspecified atom stereocenters. The van der Waals surface area contributed by atoms with Crippen LogP contribution in [-0.2, 0) is 6.42 Å². The summed E-state index contributed by atoms with van der Waals surface area (Å²) in [4.78, 5) is 20.4. The molecule has 0 radical (unpaired) electrons. The monoisotopic (exact) mass is 445 g/mol. The van der Waals surface area contributed by atoms with Crippen molar-refractivity contribution in [3.05, 3.63) is 53.9 Å². The standard InChI is InChI=1S/C24H23N5O4/c1-2-15-31-19-7-5-18(6-8-19)9-10-26-24(30)29-13-11-28(12-14-29)23-20(17-25)27-22(33-23)21-4-3-16-32-21/h1,3-8,16H,9-15H2,(H,26,30). The molecule has 0 bridgehead atoms. The van der Waals surface area contributed by atoms with Crippen molar-refractivity contribution in [2.24, 2.45) is 0 Å². The number of furan rings is 1. The second kappa shape index (κ2) is 10.3. The molecule has 9 heteroatoms. The molecule has 1 fully saturated rings. The number of hydrogen-bond donors (Lipinski definition) is 1. The van der Waals surface area contributed by atoms with Crippen LogP contribution in [0.3, 0.4) is 0 Å². The number of nitrogens with zero attached hydrogens (tertiary/aromatic N) is 4. The lowest BCUT2D eigenvalue weighted by atomic mass is 10.1. The first-order chi connectivity index (χ1) is 16.2. The third-order valence-corrected chi connectivity index (χ3v) is 5.24. The Morgan fingerprint density at radius 3 is 2.67 bits per heavy atom. The maximum absolute atomic E-state index is 12.5. The van der Waals surface area contributed by atoms with Crippen molar-refractivity contribution in [1.82, 2.24) is 15.2 Å². The van der Waals surface area contributed by atoms with Gasteiger partial charge in [-0.2, -0.15) is 10.2 Å². The maximum Gasteiger partial charge on any atom is 0.317 e. The molecule has 1 aliphatic heterocycles. The number of benzene rings is 1. The quantitative estimate of drug-likeness (QED) is 0.557. The fraction of sp³-hybridized carbons (Fsp3) is 0.292. The Morgan fingerprint density at radius 2 is 2.00 bits per heavy atom. The molecule has 9 nitrogen and oxygen atoms in total. The van der Waals surface area contributed by atoms with Gasteiger partial charge in [-0.3, -0.25) is 0 Å². The number of carbonyl (C=O) groups excluding carboxylic acids is 1. The minimum absolute atomic E-state index is 0.113. The molecule has 0 aliphatic carbocycles. The van der Waals surface area contributed by atoms with Crippen LogP contribution in [0, 0.1) is 23.7 Å². The molecule has 2 amide bonds. The summed E-state index contributed by atoms with van der Waals surface area (Å²) in [7, 11) is 0. The molecule has 3 heterocycles. The van der Waals surface area contributed by atoms with E-state index in [2.05, 4.69) is 22.3 Å². The number of amides is 2.